The number of methoxy groups -OCH3 is 1. The molecule has 1 aliphatic rings. The number of benzene rings is 1. The maximum atomic E-state index is 13.2. The molecule has 0 aliphatic carbocycles. The van der Waals surface area contributed by atoms with Gasteiger partial charge in [0.15, 0.2) is 5.03 Å². The Balaban J connectivity index is 1.65. The molecule has 1 atom stereocenters. The average Bonchev–Trinajstić information content (AvgIpc) is 3.44. The summed E-state index contributed by atoms with van der Waals surface area (Å²) in [7, 11) is -0.268. The van der Waals surface area contributed by atoms with Gasteiger partial charge in [0.1, 0.15) is 11.6 Å². The fourth-order valence-electron chi connectivity index (χ4n) is 3.79. The van der Waals surface area contributed by atoms with Crippen LogP contribution >= 0.6 is 0 Å². The van der Waals surface area contributed by atoms with E-state index in [4.69, 9.17) is 4.74 Å². The van der Waals surface area contributed by atoms with E-state index in [0.717, 1.165) is 35.7 Å². The third-order valence-corrected chi connectivity index (χ3v) is 7.14. The maximum absolute atomic E-state index is 13.2. The molecule has 1 fully saturated rings. The second-order valence-corrected chi connectivity index (χ2v) is 9.18. The molecule has 0 N–H and O–H groups in total. The van der Waals surface area contributed by atoms with Gasteiger partial charge in [-0.2, -0.15) is 4.31 Å². The molecule has 29 heavy (non-hydrogen) atoms. The molecular weight excluding hydrogens is 390 g/mol. The SMILES string of the molecule is COc1ccc(Cn2c(C)cnc2C2CCCN2S(=O)(=O)c2cn(C)cn2)cc1. The zero-order chi connectivity index (χ0) is 20.6. The van der Waals surface area contributed by atoms with Crippen LogP contribution in [0.4, 0.5) is 0 Å². The van der Waals surface area contributed by atoms with Gasteiger partial charge >= 0.3 is 0 Å². The van der Waals surface area contributed by atoms with Gasteiger partial charge in [0.2, 0.25) is 0 Å². The lowest BCUT2D eigenvalue weighted by Crippen LogP contribution is -2.32. The number of nitrogens with zero attached hydrogens (tertiary/aromatic N) is 5. The van der Waals surface area contributed by atoms with Crippen molar-refractivity contribution in [2.45, 2.75) is 37.4 Å². The number of ether oxygens (including phenoxy) is 1. The molecule has 0 bridgehead atoms. The number of aromatic nitrogens is 4. The van der Waals surface area contributed by atoms with Crippen LogP contribution in [0, 0.1) is 6.92 Å². The van der Waals surface area contributed by atoms with Gasteiger partial charge in [-0.05, 0) is 37.5 Å². The summed E-state index contributed by atoms with van der Waals surface area (Å²) < 4.78 is 36.9. The van der Waals surface area contributed by atoms with Crippen molar-refractivity contribution in [3.8, 4) is 5.75 Å². The van der Waals surface area contributed by atoms with Crippen molar-refractivity contribution in [1.29, 1.82) is 0 Å². The van der Waals surface area contributed by atoms with E-state index in [0.29, 0.717) is 13.1 Å². The zero-order valence-electron chi connectivity index (χ0n) is 16.8. The van der Waals surface area contributed by atoms with Crippen molar-refractivity contribution in [1.82, 2.24) is 23.4 Å². The van der Waals surface area contributed by atoms with Gasteiger partial charge in [0, 0.05) is 38.2 Å². The van der Waals surface area contributed by atoms with Crippen molar-refractivity contribution >= 4 is 10.0 Å². The Morgan fingerprint density at radius 2 is 1.97 bits per heavy atom. The Morgan fingerprint density at radius 1 is 1.21 bits per heavy atom. The molecule has 3 heterocycles. The van der Waals surface area contributed by atoms with Crippen molar-refractivity contribution in [3.05, 3.63) is 60.1 Å². The van der Waals surface area contributed by atoms with Gasteiger partial charge in [0.25, 0.3) is 10.0 Å². The van der Waals surface area contributed by atoms with Crippen LogP contribution in [0.25, 0.3) is 0 Å². The number of aryl methyl sites for hydroxylation is 2. The molecule has 0 radical (unpaired) electrons. The van der Waals surface area contributed by atoms with Gasteiger partial charge in [-0.15, -0.1) is 0 Å². The molecule has 1 saturated heterocycles. The highest BCUT2D eigenvalue weighted by atomic mass is 32.2. The third-order valence-electron chi connectivity index (χ3n) is 5.34. The third kappa shape index (κ3) is 3.67. The van der Waals surface area contributed by atoms with Crippen LogP contribution in [0.3, 0.4) is 0 Å². The zero-order valence-corrected chi connectivity index (χ0v) is 17.6. The highest BCUT2D eigenvalue weighted by Gasteiger charge is 2.39. The molecule has 0 spiro atoms. The summed E-state index contributed by atoms with van der Waals surface area (Å²) in [6, 6.07) is 7.58. The Morgan fingerprint density at radius 3 is 2.62 bits per heavy atom. The standard InChI is InChI=1S/C20H25N5O3S/c1-15-11-21-20(24(15)12-16-6-8-17(28-3)9-7-16)18-5-4-10-25(18)29(26,27)19-13-23(2)14-22-19/h6-9,11,13-14,18H,4-5,10,12H2,1-3H3. The molecule has 0 saturated carbocycles. The van der Waals surface area contributed by atoms with E-state index in [9.17, 15) is 8.42 Å². The minimum Gasteiger partial charge on any atom is -0.497 e. The van der Waals surface area contributed by atoms with Crippen molar-refractivity contribution < 1.29 is 13.2 Å². The summed E-state index contributed by atoms with van der Waals surface area (Å²) in [5.74, 6) is 1.58. The quantitative estimate of drug-likeness (QED) is 0.618. The monoisotopic (exact) mass is 415 g/mol. The van der Waals surface area contributed by atoms with Crippen LogP contribution < -0.4 is 4.74 Å². The predicted octanol–water partition coefficient (Wildman–Crippen LogP) is 2.51. The summed E-state index contributed by atoms with van der Waals surface area (Å²) in [5.41, 5.74) is 2.10. The fraction of sp³-hybridized carbons (Fsp3) is 0.400. The number of sulfonamides is 1. The first kappa shape index (κ1) is 19.7. The largest absolute Gasteiger partial charge is 0.497 e. The Labute approximate surface area is 170 Å². The molecular formula is C20H25N5O3S. The van der Waals surface area contributed by atoms with Crippen LogP contribution in [0.5, 0.6) is 5.75 Å². The van der Waals surface area contributed by atoms with E-state index < -0.39 is 10.0 Å². The van der Waals surface area contributed by atoms with Gasteiger partial charge in [-0.1, -0.05) is 12.1 Å². The Hall–Kier alpha value is -2.65. The second kappa shape index (κ2) is 7.64. The number of hydrogen-bond acceptors (Lipinski definition) is 5. The van der Waals surface area contributed by atoms with Crippen molar-refractivity contribution in [3.63, 3.8) is 0 Å². The summed E-state index contributed by atoms with van der Waals surface area (Å²) in [5, 5.41) is 0.0804. The van der Waals surface area contributed by atoms with Gasteiger partial charge in [-0.25, -0.2) is 18.4 Å². The maximum Gasteiger partial charge on any atom is 0.262 e. The van der Waals surface area contributed by atoms with Gasteiger partial charge < -0.3 is 13.9 Å². The summed E-state index contributed by atoms with van der Waals surface area (Å²) >= 11 is 0. The molecule has 0 amide bonds. The second-order valence-electron chi connectivity index (χ2n) is 7.34. The van der Waals surface area contributed by atoms with Crippen molar-refractivity contribution in [2.75, 3.05) is 13.7 Å². The first-order valence-corrected chi connectivity index (χ1v) is 11.0. The molecule has 154 valence electrons. The first-order chi connectivity index (χ1) is 13.9. The normalized spacial score (nSPS) is 17.7. The van der Waals surface area contributed by atoms with E-state index in [1.807, 2.05) is 37.4 Å². The molecule has 8 nitrogen and oxygen atoms in total. The van der Waals surface area contributed by atoms with Crippen molar-refractivity contribution in [2.24, 2.45) is 7.05 Å². The molecule has 4 rings (SSSR count). The van der Waals surface area contributed by atoms with Crippen LogP contribution in [-0.4, -0.2) is 45.5 Å². The molecule has 1 aliphatic heterocycles. The van der Waals surface area contributed by atoms with E-state index in [2.05, 4.69) is 14.5 Å². The lowest BCUT2D eigenvalue weighted by Gasteiger charge is -2.24. The lowest BCUT2D eigenvalue weighted by atomic mass is 10.2. The summed E-state index contributed by atoms with van der Waals surface area (Å²) in [4.78, 5) is 8.66. The lowest BCUT2D eigenvalue weighted by molar-refractivity contribution is 0.373. The van der Waals surface area contributed by atoms with Gasteiger partial charge in [-0.3, -0.25) is 0 Å². The van der Waals surface area contributed by atoms with E-state index in [1.54, 1.807) is 29.2 Å². The van der Waals surface area contributed by atoms with Crippen LogP contribution in [-0.2, 0) is 23.6 Å². The van der Waals surface area contributed by atoms with Crippen LogP contribution in [0.15, 0.2) is 48.0 Å². The summed E-state index contributed by atoms with van der Waals surface area (Å²) in [6.07, 6.45) is 6.39. The predicted molar refractivity (Wildman–Crippen MR) is 108 cm³/mol. The first-order valence-electron chi connectivity index (χ1n) is 9.55. The fourth-order valence-corrected chi connectivity index (χ4v) is 5.42. The minimum atomic E-state index is -3.67. The minimum absolute atomic E-state index is 0.0804. The van der Waals surface area contributed by atoms with E-state index >= 15 is 0 Å². The number of hydrogen-bond donors (Lipinski definition) is 0. The van der Waals surface area contributed by atoms with Gasteiger partial charge in [0.05, 0.1) is 19.5 Å². The number of rotatable bonds is 6. The molecule has 2 aromatic heterocycles. The summed E-state index contributed by atoms with van der Waals surface area (Å²) in [6.45, 7) is 3.09. The number of imidazole rings is 2. The topological polar surface area (TPSA) is 82.3 Å². The smallest absolute Gasteiger partial charge is 0.262 e. The highest BCUT2D eigenvalue weighted by Crippen LogP contribution is 2.36. The van der Waals surface area contributed by atoms with Crippen LogP contribution in [0.1, 0.15) is 36.0 Å². The molecule has 9 heteroatoms. The van der Waals surface area contributed by atoms with Crippen LogP contribution in [0.2, 0.25) is 0 Å². The average molecular weight is 416 g/mol. The molecule has 1 aromatic carbocycles. The Kier molecular flexibility index (Phi) is 5.18. The molecule has 3 aromatic rings. The Bertz CT molecular complexity index is 1100. The van der Waals surface area contributed by atoms with E-state index in [1.165, 1.54) is 6.33 Å². The highest BCUT2D eigenvalue weighted by molar-refractivity contribution is 7.89. The van der Waals surface area contributed by atoms with E-state index in [-0.39, 0.29) is 11.1 Å². The molecule has 1 unspecified atom stereocenters.